The van der Waals surface area contributed by atoms with Gasteiger partial charge in [-0.05, 0) is 42.0 Å². The number of amides is 1. The van der Waals surface area contributed by atoms with Crippen molar-refractivity contribution < 1.29 is 4.79 Å². The van der Waals surface area contributed by atoms with E-state index in [1.165, 1.54) is 43.2 Å². The average molecular weight is 366 g/mol. The lowest BCUT2D eigenvalue weighted by atomic mass is 9.84. The molecule has 0 N–H and O–H groups in total. The van der Waals surface area contributed by atoms with Gasteiger partial charge in [-0.2, -0.15) is 0 Å². The van der Waals surface area contributed by atoms with E-state index in [4.69, 9.17) is 0 Å². The van der Waals surface area contributed by atoms with E-state index in [2.05, 4.69) is 37.4 Å². The van der Waals surface area contributed by atoms with Gasteiger partial charge in [0.15, 0.2) is 0 Å². The Bertz CT molecular complexity index is 743. The van der Waals surface area contributed by atoms with E-state index < -0.39 is 0 Å². The molecule has 1 aliphatic rings. The Morgan fingerprint density at radius 1 is 1.00 bits per heavy atom. The van der Waals surface area contributed by atoms with Crippen LogP contribution in [0.3, 0.4) is 0 Å². The zero-order valence-corrected chi connectivity index (χ0v) is 16.1. The Balaban J connectivity index is 1.73. The average Bonchev–Trinajstić information content (AvgIpc) is 3.18. The number of benzene rings is 1. The molecule has 1 saturated carbocycles. The molecule has 1 amide bonds. The summed E-state index contributed by atoms with van der Waals surface area (Å²) in [5.74, 6) is 0.768. The molecule has 0 radical (unpaired) electrons. The number of hydrogen-bond acceptors (Lipinski definition) is 2. The van der Waals surface area contributed by atoms with Crippen molar-refractivity contribution >= 4 is 17.2 Å². The summed E-state index contributed by atoms with van der Waals surface area (Å²) in [7, 11) is 0. The summed E-state index contributed by atoms with van der Waals surface area (Å²) in [6, 6.07) is 12.9. The molecular formula is C23H27NOS. The summed E-state index contributed by atoms with van der Waals surface area (Å²) in [6.45, 7) is 8.54. The minimum atomic E-state index is 0.0416. The van der Waals surface area contributed by atoms with Crippen molar-refractivity contribution in [2.24, 2.45) is 0 Å². The van der Waals surface area contributed by atoms with Gasteiger partial charge in [-0.1, -0.05) is 55.7 Å². The van der Waals surface area contributed by atoms with Crippen molar-refractivity contribution in [1.82, 2.24) is 4.90 Å². The van der Waals surface area contributed by atoms with Gasteiger partial charge in [0.1, 0.15) is 0 Å². The first kappa shape index (κ1) is 18.7. The highest BCUT2D eigenvalue weighted by molar-refractivity contribution is 7.17. The first-order valence-corrected chi connectivity index (χ1v) is 10.3. The maximum absolute atomic E-state index is 12.7. The molecule has 26 heavy (non-hydrogen) atoms. The highest BCUT2D eigenvalue weighted by atomic mass is 32.1. The largest absolute Gasteiger partial charge is 0.331 e. The van der Waals surface area contributed by atoms with Gasteiger partial charge < -0.3 is 4.90 Å². The van der Waals surface area contributed by atoms with Crippen molar-refractivity contribution in [2.45, 2.75) is 38.0 Å². The fourth-order valence-electron chi connectivity index (χ4n) is 3.67. The normalized spacial score (nSPS) is 14.8. The van der Waals surface area contributed by atoms with E-state index in [0.29, 0.717) is 13.1 Å². The number of carbonyl (C=O) groups is 1. The van der Waals surface area contributed by atoms with Gasteiger partial charge in [-0.25, -0.2) is 0 Å². The molecule has 0 aliphatic heterocycles. The zero-order chi connectivity index (χ0) is 18.4. The first-order chi connectivity index (χ1) is 12.7. The molecule has 1 aliphatic carbocycles. The first-order valence-electron chi connectivity index (χ1n) is 9.44. The van der Waals surface area contributed by atoms with Gasteiger partial charge in [0.2, 0.25) is 0 Å². The van der Waals surface area contributed by atoms with Crippen LogP contribution in [-0.4, -0.2) is 23.9 Å². The maximum Gasteiger partial charge on any atom is 0.264 e. The van der Waals surface area contributed by atoms with Gasteiger partial charge >= 0.3 is 0 Å². The fourth-order valence-corrected chi connectivity index (χ4v) is 4.65. The van der Waals surface area contributed by atoms with Crippen molar-refractivity contribution in [1.29, 1.82) is 0 Å². The Morgan fingerprint density at radius 3 is 2.27 bits per heavy atom. The molecule has 0 atom stereocenters. The number of nitrogens with zero attached hydrogens (tertiary/aromatic N) is 1. The van der Waals surface area contributed by atoms with Crippen LogP contribution in [0.5, 0.6) is 0 Å². The molecule has 1 heterocycles. The van der Waals surface area contributed by atoms with Crippen LogP contribution in [-0.2, 0) is 0 Å². The lowest BCUT2D eigenvalue weighted by molar-refractivity contribution is 0.0795. The number of carbonyl (C=O) groups excluding carboxylic acids is 1. The van der Waals surface area contributed by atoms with Crippen molar-refractivity contribution in [3.63, 3.8) is 0 Å². The third kappa shape index (κ3) is 4.34. The smallest absolute Gasteiger partial charge is 0.264 e. The van der Waals surface area contributed by atoms with Crippen molar-refractivity contribution in [3.8, 4) is 10.4 Å². The Hall–Kier alpha value is -2.13. The molecule has 1 fully saturated rings. The molecule has 1 aromatic carbocycles. The van der Waals surface area contributed by atoms with Crippen molar-refractivity contribution in [3.05, 3.63) is 72.1 Å². The predicted octanol–water partition coefficient (Wildman–Crippen LogP) is 6.28. The van der Waals surface area contributed by atoms with Crippen LogP contribution in [0, 0.1) is 0 Å². The summed E-state index contributed by atoms with van der Waals surface area (Å²) in [4.78, 5) is 16.3. The molecule has 2 nitrogen and oxygen atoms in total. The lowest BCUT2D eigenvalue weighted by Gasteiger charge is -2.22. The molecule has 2 aromatic rings. The van der Waals surface area contributed by atoms with Crippen molar-refractivity contribution in [2.75, 3.05) is 13.1 Å². The Labute approximate surface area is 160 Å². The summed E-state index contributed by atoms with van der Waals surface area (Å²) in [5, 5.41) is 0. The van der Waals surface area contributed by atoms with Crippen LogP contribution in [0.4, 0.5) is 0 Å². The molecular weight excluding hydrogens is 338 g/mol. The highest BCUT2D eigenvalue weighted by Gasteiger charge is 2.17. The maximum atomic E-state index is 12.7. The van der Waals surface area contributed by atoms with E-state index in [1.807, 2.05) is 12.1 Å². The fraction of sp³-hybridized carbons (Fsp3) is 0.348. The van der Waals surface area contributed by atoms with E-state index in [1.54, 1.807) is 28.4 Å². The van der Waals surface area contributed by atoms with E-state index >= 15 is 0 Å². The third-order valence-corrected chi connectivity index (χ3v) is 6.20. The second kappa shape index (κ2) is 9.00. The lowest BCUT2D eigenvalue weighted by Crippen LogP contribution is -2.30. The van der Waals surface area contributed by atoms with E-state index in [9.17, 15) is 4.79 Å². The van der Waals surface area contributed by atoms with Gasteiger partial charge in [0.05, 0.1) is 4.88 Å². The molecule has 1 aromatic heterocycles. The third-order valence-electron chi connectivity index (χ3n) is 5.07. The molecule has 3 heteroatoms. The van der Waals surface area contributed by atoms with Crippen LogP contribution >= 0.6 is 11.3 Å². The quantitative estimate of drug-likeness (QED) is 0.529. The second-order valence-electron chi connectivity index (χ2n) is 6.91. The molecule has 0 unspecified atom stereocenters. The molecule has 0 saturated heterocycles. The predicted molar refractivity (Wildman–Crippen MR) is 112 cm³/mol. The zero-order valence-electron chi connectivity index (χ0n) is 15.3. The number of rotatable bonds is 7. The van der Waals surface area contributed by atoms with E-state index in [-0.39, 0.29) is 5.91 Å². The Morgan fingerprint density at radius 2 is 1.65 bits per heavy atom. The minimum Gasteiger partial charge on any atom is -0.331 e. The standard InChI is InChI=1S/C23H27NOS/c1-3-16-24(17-4-2)23(25)22-15-14-21(26-22)20-12-10-19(11-13-20)18-8-6-5-7-9-18/h3-4,10-15,18H,1-2,5-9,16-17H2. The van der Waals surface area contributed by atoms with Gasteiger partial charge in [0, 0.05) is 18.0 Å². The minimum absolute atomic E-state index is 0.0416. The Kier molecular flexibility index (Phi) is 6.45. The SMILES string of the molecule is C=CCN(CC=C)C(=O)c1ccc(-c2ccc(C3CCCCC3)cc2)s1. The van der Waals surface area contributed by atoms with Crippen LogP contribution in [0.1, 0.15) is 53.3 Å². The molecule has 136 valence electrons. The topological polar surface area (TPSA) is 20.3 Å². The molecule has 3 rings (SSSR count). The summed E-state index contributed by atoms with van der Waals surface area (Å²) in [6.07, 6.45) is 10.2. The summed E-state index contributed by atoms with van der Waals surface area (Å²) >= 11 is 1.56. The molecule has 0 spiro atoms. The highest BCUT2D eigenvalue weighted by Crippen LogP contribution is 2.35. The number of thiophene rings is 1. The van der Waals surface area contributed by atoms with Crippen LogP contribution in [0.15, 0.2) is 61.7 Å². The molecule has 0 bridgehead atoms. The van der Waals surface area contributed by atoms with Crippen LogP contribution < -0.4 is 0 Å². The second-order valence-corrected chi connectivity index (χ2v) is 7.99. The van der Waals surface area contributed by atoms with E-state index in [0.717, 1.165) is 15.7 Å². The van der Waals surface area contributed by atoms with Crippen LogP contribution in [0.25, 0.3) is 10.4 Å². The number of hydrogen-bond donors (Lipinski definition) is 0. The summed E-state index contributed by atoms with van der Waals surface area (Å²) < 4.78 is 0. The monoisotopic (exact) mass is 365 g/mol. The van der Waals surface area contributed by atoms with Crippen LogP contribution in [0.2, 0.25) is 0 Å². The van der Waals surface area contributed by atoms with Gasteiger partial charge in [-0.3, -0.25) is 4.79 Å². The van der Waals surface area contributed by atoms with Gasteiger partial charge in [0.25, 0.3) is 5.91 Å². The summed E-state index contributed by atoms with van der Waals surface area (Å²) in [5.41, 5.74) is 2.65. The van der Waals surface area contributed by atoms with Gasteiger partial charge in [-0.15, -0.1) is 24.5 Å².